The lowest BCUT2D eigenvalue weighted by atomic mass is 10.2. The van der Waals surface area contributed by atoms with Gasteiger partial charge in [-0.2, -0.15) is 0 Å². The van der Waals surface area contributed by atoms with E-state index in [9.17, 15) is 4.79 Å². The third kappa shape index (κ3) is 5.76. The van der Waals surface area contributed by atoms with Crippen LogP contribution in [0.4, 0.5) is 5.69 Å². The molecular formula is C19H22N2O3S. The number of carbonyl (C=O) groups is 1. The molecule has 0 unspecified atom stereocenters. The second-order valence-corrected chi connectivity index (χ2v) is 5.94. The molecule has 0 aliphatic heterocycles. The molecule has 0 heterocycles. The molecule has 0 aromatic heterocycles. The van der Waals surface area contributed by atoms with E-state index in [-0.39, 0.29) is 17.1 Å². The number of carbonyl (C=O) groups excluding carboxylic acids is 1. The summed E-state index contributed by atoms with van der Waals surface area (Å²) in [5.41, 5.74) is 1.20. The van der Waals surface area contributed by atoms with Crippen LogP contribution in [0.1, 0.15) is 31.1 Å². The number of amides is 1. The van der Waals surface area contributed by atoms with Gasteiger partial charge in [-0.1, -0.05) is 12.1 Å². The fourth-order valence-corrected chi connectivity index (χ4v) is 2.33. The van der Waals surface area contributed by atoms with Crippen LogP contribution in [0.3, 0.4) is 0 Å². The zero-order chi connectivity index (χ0) is 18.2. The molecule has 0 saturated heterocycles. The Bertz CT molecular complexity index is 730. The Morgan fingerprint density at radius 1 is 1.12 bits per heavy atom. The summed E-state index contributed by atoms with van der Waals surface area (Å²) in [6.45, 7) is 6.38. The summed E-state index contributed by atoms with van der Waals surface area (Å²) in [5.74, 6) is 1.11. The van der Waals surface area contributed by atoms with Gasteiger partial charge in [-0.15, -0.1) is 0 Å². The fourth-order valence-electron chi connectivity index (χ4n) is 2.12. The number of hydrogen-bond acceptors (Lipinski definition) is 4. The fraction of sp³-hybridized carbons (Fsp3) is 0.263. The second-order valence-electron chi connectivity index (χ2n) is 5.53. The van der Waals surface area contributed by atoms with E-state index < -0.39 is 0 Å². The van der Waals surface area contributed by atoms with Crippen molar-refractivity contribution in [3.05, 3.63) is 54.1 Å². The molecule has 2 aromatic rings. The molecule has 2 rings (SSSR count). The van der Waals surface area contributed by atoms with Gasteiger partial charge in [-0.25, -0.2) is 0 Å². The average Bonchev–Trinajstić information content (AvgIpc) is 2.57. The third-order valence-electron chi connectivity index (χ3n) is 3.15. The normalized spacial score (nSPS) is 10.2. The van der Waals surface area contributed by atoms with Crippen LogP contribution >= 0.6 is 12.2 Å². The molecule has 6 heteroatoms. The zero-order valence-corrected chi connectivity index (χ0v) is 15.4. The first kappa shape index (κ1) is 18.7. The highest BCUT2D eigenvalue weighted by Gasteiger charge is 2.11. The second kappa shape index (κ2) is 9.03. The van der Waals surface area contributed by atoms with Crippen molar-refractivity contribution in [2.45, 2.75) is 26.9 Å². The lowest BCUT2D eigenvalue weighted by Crippen LogP contribution is -2.34. The summed E-state index contributed by atoms with van der Waals surface area (Å²) in [6, 6.07) is 14.3. The number of nitrogens with one attached hydrogen (secondary N) is 2. The van der Waals surface area contributed by atoms with Gasteiger partial charge in [0.25, 0.3) is 5.91 Å². The predicted octanol–water partition coefficient (Wildman–Crippen LogP) is 4.00. The molecule has 2 aromatic carbocycles. The van der Waals surface area contributed by atoms with Crippen molar-refractivity contribution >= 4 is 28.9 Å². The van der Waals surface area contributed by atoms with E-state index in [1.165, 1.54) is 0 Å². The van der Waals surface area contributed by atoms with Gasteiger partial charge in [0.15, 0.2) is 5.11 Å². The Labute approximate surface area is 153 Å². The molecule has 2 N–H and O–H groups in total. The molecule has 0 bridgehead atoms. The minimum absolute atomic E-state index is 0.0370. The van der Waals surface area contributed by atoms with Crippen LogP contribution in [-0.4, -0.2) is 23.7 Å². The summed E-state index contributed by atoms with van der Waals surface area (Å²) >= 11 is 5.23. The smallest absolute Gasteiger partial charge is 0.257 e. The summed E-state index contributed by atoms with van der Waals surface area (Å²) in [6.07, 6.45) is 0.0370. The maximum Gasteiger partial charge on any atom is 0.257 e. The highest BCUT2D eigenvalue weighted by molar-refractivity contribution is 7.80. The lowest BCUT2D eigenvalue weighted by Gasteiger charge is -2.16. The van der Waals surface area contributed by atoms with Crippen LogP contribution in [-0.2, 0) is 0 Å². The average molecular weight is 358 g/mol. The van der Waals surface area contributed by atoms with Crippen LogP contribution in [0.25, 0.3) is 0 Å². The first-order valence-electron chi connectivity index (χ1n) is 8.10. The van der Waals surface area contributed by atoms with E-state index in [0.29, 0.717) is 23.6 Å². The lowest BCUT2D eigenvalue weighted by molar-refractivity contribution is 0.0977. The molecule has 0 fully saturated rings. The number of anilines is 1. The molecule has 0 aliphatic carbocycles. The van der Waals surface area contributed by atoms with Gasteiger partial charge in [-0.05, 0) is 69.4 Å². The van der Waals surface area contributed by atoms with Crippen LogP contribution < -0.4 is 20.1 Å². The van der Waals surface area contributed by atoms with Gasteiger partial charge in [0.1, 0.15) is 11.5 Å². The van der Waals surface area contributed by atoms with Crippen molar-refractivity contribution in [2.24, 2.45) is 0 Å². The zero-order valence-electron chi connectivity index (χ0n) is 14.5. The molecule has 5 nitrogen and oxygen atoms in total. The van der Waals surface area contributed by atoms with Crippen molar-refractivity contribution in [3.8, 4) is 11.5 Å². The quantitative estimate of drug-likeness (QED) is 0.765. The maximum absolute atomic E-state index is 12.3. The number of hydrogen-bond donors (Lipinski definition) is 2. The van der Waals surface area contributed by atoms with Crippen molar-refractivity contribution in [3.63, 3.8) is 0 Å². The molecule has 1 amide bonds. The van der Waals surface area contributed by atoms with Crippen molar-refractivity contribution < 1.29 is 14.3 Å². The first-order chi connectivity index (χ1) is 12.0. The minimum atomic E-state index is -0.289. The van der Waals surface area contributed by atoms with Crippen molar-refractivity contribution in [2.75, 3.05) is 11.9 Å². The number of ether oxygens (including phenoxy) is 2. The van der Waals surface area contributed by atoms with Crippen molar-refractivity contribution in [1.29, 1.82) is 0 Å². The van der Waals surface area contributed by atoms with E-state index >= 15 is 0 Å². The van der Waals surface area contributed by atoms with Gasteiger partial charge in [0.05, 0.1) is 18.4 Å². The highest BCUT2D eigenvalue weighted by Crippen LogP contribution is 2.24. The standard InChI is InChI=1S/C19H22N2O3S/c1-4-23-15-11-9-14(10-12-15)18(22)21-19(25)20-16-7-5-6-8-17(16)24-13(2)3/h5-13H,4H2,1-3H3,(H2,20,21,22,25). The molecular weight excluding hydrogens is 336 g/mol. The Morgan fingerprint density at radius 3 is 2.44 bits per heavy atom. The van der Waals surface area contributed by atoms with Gasteiger partial charge in [0, 0.05) is 5.56 Å². The largest absolute Gasteiger partial charge is 0.494 e. The first-order valence-corrected chi connectivity index (χ1v) is 8.51. The molecule has 0 aliphatic rings. The number of benzene rings is 2. The maximum atomic E-state index is 12.3. The van der Waals surface area contributed by atoms with Crippen LogP contribution in [0.15, 0.2) is 48.5 Å². The highest BCUT2D eigenvalue weighted by atomic mass is 32.1. The molecule has 0 atom stereocenters. The molecule has 132 valence electrons. The number of rotatable bonds is 6. The van der Waals surface area contributed by atoms with Crippen LogP contribution in [0.5, 0.6) is 11.5 Å². The molecule has 0 radical (unpaired) electrons. The summed E-state index contributed by atoms with van der Waals surface area (Å²) in [4.78, 5) is 12.3. The monoisotopic (exact) mass is 358 g/mol. The van der Waals surface area contributed by atoms with Gasteiger partial charge < -0.3 is 14.8 Å². The topological polar surface area (TPSA) is 59.6 Å². The Hall–Kier alpha value is -2.60. The summed E-state index contributed by atoms with van der Waals surface area (Å²) in [5, 5.41) is 5.87. The van der Waals surface area contributed by atoms with Crippen molar-refractivity contribution in [1.82, 2.24) is 5.32 Å². The van der Waals surface area contributed by atoms with E-state index in [4.69, 9.17) is 21.7 Å². The summed E-state index contributed by atoms with van der Waals surface area (Å²) < 4.78 is 11.1. The Kier molecular flexibility index (Phi) is 6.77. The van der Waals surface area contributed by atoms with Crippen LogP contribution in [0.2, 0.25) is 0 Å². The van der Waals surface area contributed by atoms with E-state index in [2.05, 4.69) is 10.6 Å². The number of thiocarbonyl (C=S) groups is 1. The van der Waals surface area contributed by atoms with Gasteiger partial charge >= 0.3 is 0 Å². The third-order valence-corrected chi connectivity index (χ3v) is 3.36. The van der Waals surface area contributed by atoms with E-state index in [1.54, 1.807) is 24.3 Å². The molecule has 0 spiro atoms. The van der Waals surface area contributed by atoms with Crippen LogP contribution in [0, 0.1) is 0 Å². The van der Waals surface area contributed by atoms with E-state index in [0.717, 1.165) is 5.75 Å². The van der Waals surface area contributed by atoms with Gasteiger partial charge in [-0.3, -0.25) is 10.1 Å². The Balaban J connectivity index is 1.99. The van der Waals surface area contributed by atoms with Gasteiger partial charge in [0.2, 0.25) is 0 Å². The molecule has 0 saturated carbocycles. The van der Waals surface area contributed by atoms with E-state index in [1.807, 2.05) is 45.0 Å². The SMILES string of the molecule is CCOc1ccc(C(=O)NC(=S)Nc2ccccc2OC(C)C)cc1. The molecule has 25 heavy (non-hydrogen) atoms. The minimum Gasteiger partial charge on any atom is -0.494 e. The predicted molar refractivity (Wildman–Crippen MR) is 104 cm³/mol. The Morgan fingerprint density at radius 2 is 1.80 bits per heavy atom. The summed E-state index contributed by atoms with van der Waals surface area (Å²) in [7, 11) is 0. The number of para-hydroxylation sites is 2.